The number of likely N-dealkylation sites (N-methyl/N-ethyl adjacent to an activating group) is 2. The van der Waals surface area contributed by atoms with Crippen molar-refractivity contribution in [3.63, 3.8) is 0 Å². The molecule has 4 N–H and O–H groups in total. The predicted octanol–water partition coefficient (Wildman–Crippen LogP) is 5.20. The van der Waals surface area contributed by atoms with E-state index >= 15 is 0 Å². The molecule has 1 aromatic heterocycles. The highest BCUT2D eigenvalue weighted by atomic mass is 32.2. The number of aromatic nitrogens is 1. The summed E-state index contributed by atoms with van der Waals surface area (Å²) < 4.78 is 13.3. The average Bonchev–Trinajstić information content (AvgIpc) is 4.15. The Kier molecular flexibility index (Phi) is 16.1. The maximum Gasteiger partial charge on any atom is 0.408 e. The van der Waals surface area contributed by atoms with Crippen LogP contribution >= 0.6 is 11.9 Å². The van der Waals surface area contributed by atoms with Crippen LogP contribution in [0.15, 0.2) is 84.7 Å². The number of allylic oxidation sites excluding steroid dienone is 1. The minimum absolute atomic E-state index is 0.00950. The average molecular weight is 817 g/mol. The molecule has 3 fully saturated rings. The number of hydrogen-bond donors (Lipinski definition) is 4. The lowest BCUT2D eigenvalue weighted by Gasteiger charge is -2.31. The molecule has 15 heteroatoms. The van der Waals surface area contributed by atoms with Gasteiger partial charge in [-0.05, 0) is 94.5 Å². The molecule has 2 aliphatic carbocycles. The van der Waals surface area contributed by atoms with Crippen LogP contribution in [0.1, 0.15) is 52.9 Å². The normalized spacial score (nSPS) is 18.4. The van der Waals surface area contributed by atoms with Gasteiger partial charge >= 0.3 is 6.09 Å². The van der Waals surface area contributed by atoms with Crippen LogP contribution < -0.4 is 25.5 Å². The van der Waals surface area contributed by atoms with E-state index in [4.69, 9.17) is 9.47 Å². The second-order valence-electron chi connectivity index (χ2n) is 15.3. The van der Waals surface area contributed by atoms with E-state index in [2.05, 4.69) is 33.5 Å². The smallest absolute Gasteiger partial charge is 0.408 e. The zero-order chi connectivity index (χ0) is 42.6. The maximum absolute atomic E-state index is 13.0. The minimum Gasteiger partial charge on any atom is -0.497 e. The fourth-order valence-electron chi connectivity index (χ4n) is 6.14. The van der Waals surface area contributed by atoms with E-state index in [-0.39, 0.29) is 35.6 Å². The number of carbonyl (C=O) groups is 5. The first-order chi connectivity index (χ1) is 27.6. The Morgan fingerprint density at radius 2 is 1.74 bits per heavy atom. The summed E-state index contributed by atoms with van der Waals surface area (Å²) in [5.74, 6) is 0.537. The predicted molar refractivity (Wildman–Crippen MR) is 227 cm³/mol. The molecule has 0 spiro atoms. The van der Waals surface area contributed by atoms with Gasteiger partial charge in [0, 0.05) is 55.0 Å². The number of aromatic amines is 1. The van der Waals surface area contributed by atoms with Crippen LogP contribution in [-0.4, -0.2) is 102 Å². The first-order valence-corrected chi connectivity index (χ1v) is 20.2. The third kappa shape index (κ3) is 13.3. The number of fused-ring (bicyclic) bond motifs is 1. The van der Waals surface area contributed by atoms with Crippen LogP contribution in [-0.2, 0) is 23.9 Å². The van der Waals surface area contributed by atoms with Gasteiger partial charge in [-0.3, -0.25) is 28.7 Å². The summed E-state index contributed by atoms with van der Waals surface area (Å²) in [7, 11) is 4.62. The molecule has 5 amide bonds. The lowest BCUT2D eigenvalue weighted by Crippen LogP contribution is -2.57. The second-order valence-corrected chi connectivity index (χ2v) is 16.4. The molecule has 1 aliphatic heterocycles. The highest BCUT2D eigenvalue weighted by molar-refractivity contribution is 7.98. The number of methoxy groups -OCH3 is 1. The van der Waals surface area contributed by atoms with Gasteiger partial charge in [-0.2, -0.15) is 0 Å². The van der Waals surface area contributed by atoms with Crippen LogP contribution in [0.2, 0.25) is 0 Å². The monoisotopic (exact) mass is 816 g/mol. The molecule has 3 aliphatic rings. The summed E-state index contributed by atoms with van der Waals surface area (Å²) in [6, 6.07) is 15.2. The number of hydrogen-bond acceptors (Lipinski definition) is 9. The van der Waals surface area contributed by atoms with Crippen LogP contribution in [0.4, 0.5) is 4.79 Å². The van der Waals surface area contributed by atoms with Gasteiger partial charge in [0.05, 0.1) is 19.2 Å². The first-order valence-electron chi connectivity index (χ1n) is 19.3. The molecule has 2 saturated carbocycles. The van der Waals surface area contributed by atoms with Crippen LogP contribution in [0.5, 0.6) is 5.75 Å². The molecule has 6 rings (SSSR count). The number of rotatable bonds is 12. The summed E-state index contributed by atoms with van der Waals surface area (Å²) in [6.07, 6.45) is 7.00. The molecule has 0 bridgehead atoms. The van der Waals surface area contributed by atoms with Gasteiger partial charge in [-0.15, -0.1) is 6.58 Å². The van der Waals surface area contributed by atoms with E-state index in [0.717, 1.165) is 35.0 Å². The number of likely N-dealkylation sites (tertiary alicyclic amines) is 1. The Morgan fingerprint density at radius 3 is 2.33 bits per heavy atom. The van der Waals surface area contributed by atoms with E-state index in [1.54, 1.807) is 58.0 Å². The summed E-state index contributed by atoms with van der Waals surface area (Å²) in [5.41, 5.74) is 1.86. The van der Waals surface area contributed by atoms with E-state index in [1.807, 2.05) is 42.5 Å². The number of H-pyrrole nitrogens is 1. The topological polar surface area (TPSA) is 179 Å². The van der Waals surface area contributed by atoms with E-state index in [1.165, 1.54) is 36.7 Å². The zero-order valence-electron chi connectivity index (χ0n) is 34.2. The Bertz CT molecular complexity index is 2010. The second kappa shape index (κ2) is 20.7. The fraction of sp³-hybridized carbons (Fsp3) is 0.442. The van der Waals surface area contributed by atoms with Crippen LogP contribution in [0.25, 0.3) is 22.2 Å². The highest BCUT2D eigenvalue weighted by Crippen LogP contribution is 2.40. The largest absolute Gasteiger partial charge is 0.497 e. The number of nitrogens with zero attached hydrogens (tertiary/aromatic N) is 2. The number of carbonyl (C=O) groups excluding carboxylic acids is 5. The molecule has 0 radical (unpaired) electrons. The molecule has 4 atom stereocenters. The van der Waals surface area contributed by atoms with Crippen molar-refractivity contribution in [1.29, 1.82) is 0 Å². The minimum atomic E-state index is -1.04. The van der Waals surface area contributed by atoms with Crippen LogP contribution in [0.3, 0.4) is 0 Å². The van der Waals surface area contributed by atoms with Gasteiger partial charge in [-0.1, -0.05) is 43.0 Å². The van der Waals surface area contributed by atoms with E-state index in [0.29, 0.717) is 35.9 Å². The molecule has 312 valence electrons. The van der Waals surface area contributed by atoms with Crippen LogP contribution in [0, 0.1) is 11.8 Å². The lowest BCUT2D eigenvalue weighted by molar-refractivity contribution is -0.140. The van der Waals surface area contributed by atoms with Gasteiger partial charge in [0.15, 0.2) is 5.43 Å². The molecule has 2 heterocycles. The van der Waals surface area contributed by atoms with Gasteiger partial charge in [-0.25, -0.2) is 4.79 Å². The summed E-state index contributed by atoms with van der Waals surface area (Å²) in [5, 5.41) is 6.44. The third-order valence-electron chi connectivity index (χ3n) is 9.53. The molecule has 3 aromatic rings. The van der Waals surface area contributed by atoms with Crippen molar-refractivity contribution in [2.45, 2.75) is 75.8 Å². The molecule has 4 unspecified atom stereocenters. The van der Waals surface area contributed by atoms with Crippen molar-refractivity contribution in [3.05, 3.63) is 90.1 Å². The molecule has 1 saturated heterocycles. The Labute approximate surface area is 344 Å². The van der Waals surface area contributed by atoms with Gasteiger partial charge in [0.1, 0.15) is 23.4 Å². The van der Waals surface area contributed by atoms with Gasteiger partial charge in [0.25, 0.3) is 0 Å². The quantitative estimate of drug-likeness (QED) is 0.109. The molecular weight excluding hydrogens is 761 g/mol. The zero-order valence-corrected chi connectivity index (χ0v) is 35.0. The number of nitrogens with one attached hydrogen (secondary N) is 4. The van der Waals surface area contributed by atoms with Crippen molar-refractivity contribution >= 4 is 52.6 Å². The van der Waals surface area contributed by atoms with Crippen molar-refractivity contribution < 1.29 is 33.4 Å². The van der Waals surface area contributed by atoms with Crippen molar-refractivity contribution in [2.24, 2.45) is 11.8 Å². The lowest BCUT2D eigenvalue weighted by atomic mass is 10.1. The Hall–Kier alpha value is -5.57. The van der Waals surface area contributed by atoms with Gasteiger partial charge < -0.3 is 34.9 Å². The molecule has 58 heavy (non-hydrogen) atoms. The highest BCUT2D eigenvalue weighted by Gasteiger charge is 2.41. The summed E-state index contributed by atoms with van der Waals surface area (Å²) in [4.78, 5) is 78.5. The number of benzene rings is 2. The number of amides is 5. The SMILES string of the molecule is C=CC(=O)N(C)CC(NC(=O)OC(C)(C)C)C(=O)N1CCCC1C(=O)NC.C=CC1CC1C(=O)NSC1CC1.COc1ccc2c(=O)cc(-c3ccccc3)[nH]c2c1. The number of ether oxygens (including phenoxy) is 2. The maximum atomic E-state index is 13.0. The van der Waals surface area contributed by atoms with E-state index in [9.17, 15) is 28.8 Å². The first kappa shape index (κ1) is 45.1. The molecule has 2 aromatic carbocycles. The molecular formula is C43H56N6O8S. The van der Waals surface area contributed by atoms with E-state index < -0.39 is 29.7 Å². The number of pyridine rings is 1. The summed E-state index contributed by atoms with van der Waals surface area (Å²) >= 11 is 1.60. The van der Waals surface area contributed by atoms with Crippen molar-refractivity contribution in [2.75, 3.05) is 34.3 Å². The fourth-order valence-corrected chi connectivity index (χ4v) is 6.94. The standard InChI is InChI=1S/C18H30N4O5.C16H13NO2.C9H13NOS/c1-7-14(23)21(6)11-12(20-17(26)27-18(2,3)4)16(25)22-10-8-9-13(22)15(24)19-5;1-19-12-7-8-13-15(9-12)17-14(10-16(13)18)11-5-3-2-4-6-11;1-2-6-5-8(6)9(11)10-12-7-3-4-7/h7,12-13H,1,8-11H2,2-6H3,(H,19,24)(H,20,26);2-10H,1H3,(H,17,18);2,6-8H,1,3-5H2,(H,10,11). The third-order valence-corrected chi connectivity index (χ3v) is 10.7. The summed E-state index contributed by atoms with van der Waals surface area (Å²) in [6.45, 7) is 12.5. The van der Waals surface area contributed by atoms with Crippen molar-refractivity contribution in [1.82, 2.24) is 30.1 Å². The Morgan fingerprint density at radius 1 is 1.03 bits per heavy atom. The van der Waals surface area contributed by atoms with Crippen molar-refractivity contribution in [3.8, 4) is 17.0 Å². The number of alkyl carbamates (subject to hydrolysis) is 1. The van der Waals surface area contributed by atoms with Gasteiger partial charge in [0.2, 0.25) is 23.6 Å². The molecule has 14 nitrogen and oxygen atoms in total. The Balaban J connectivity index is 0.000000206.